The van der Waals surface area contributed by atoms with E-state index in [-0.39, 0.29) is 5.91 Å². The third-order valence-electron chi connectivity index (χ3n) is 6.24. The Bertz CT molecular complexity index is 1190. The van der Waals surface area contributed by atoms with E-state index in [1.54, 1.807) is 6.33 Å². The number of aromatic nitrogens is 2. The van der Waals surface area contributed by atoms with Crippen LogP contribution in [0.2, 0.25) is 0 Å². The number of hydrogen-bond acceptors (Lipinski definition) is 4. The van der Waals surface area contributed by atoms with Crippen molar-refractivity contribution >= 4 is 28.3 Å². The average molecular weight is 440 g/mol. The van der Waals surface area contributed by atoms with Crippen molar-refractivity contribution in [3.8, 4) is 0 Å². The first kappa shape index (κ1) is 21.2. The molecule has 1 saturated heterocycles. The number of fused-ring (bicyclic) bond motifs is 1. The maximum atomic E-state index is 12.5. The summed E-state index contributed by atoms with van der Waals surface area (Å²) in [7, 11) is 0. The fraction of sp³-hybridized carbons (Fsp3) is 0.259. The minimum Gasteiger partial charge on any atom is -0.369 e. The van der Waals surface area contributed by atoms with Crippen LogP contribution in [0.4, 0.5) is 11.4 Å². The van der Waals surface area contributed by atoms with Crippen molar-refractivity contribution in [2.45, 2.75) is 19.5 Å². The van der Waals surface area contributed by atoms with Gasteiger partial charge in [-0.3, -0.25) is 9.69 Å². The maximum absolute atomic E-state index is 12.5. The highest BCUT2D eigenvalue weighted by molar-refractivity contribution is 5.91. The number of aryl methyl sites for hydroxylation is 1. The number of para-hydroxylation sites is 2. The average Bonchev–Trinajstić information content (AvgIpc) is 3.28. The summed E-state index contributed by atoms with van der Waals surface area (Å²) in [5.74, 6) is 0.00931. The second kappa shape index (κ2) is 9.88. The van der Waals surface area contributed by atoms with Gasteiger partial charge in [0.25, 0.3) is 0 Å². The Morgan fingerprint density at radius 3 is 2.36 bits per heavy atom. The fourth-order valence-electron chi connectivity index (χ4n) is 4.40. The number of imidazole rings is 1. The first-order valence-corrected chi connectivity index (χ1v) is 11.6. The lowest BCUT2D eigenvalue weighted by atomic mass is 10.2. The zero-order valence-electron chi connectivity index (χ0n) is 18.7. The Morgan fingerprint density at radius 1 is 0.848 bits per heavy atom. The SMILES string of the molecule is O=C(CCn1cnc2ccccc21)Nc1ccc(N2CCN(Cc3ccccc3)CC2)cc1. The van der Waals surface area contributed by atoms with Gasteiger partial charge in [-0.2, -0.15) is 0 Å². The van der Waals surface area contributed by atoms with Gasteiger partial charge >= 0.3 is 0 Å². The van der Waals surface area contributed by atoms with Crippen LogP contribution in [0.3, 0.4) is 0 Å². The molecular weight excluding hydrogens is 410 g/mol. The van der Waals surface area contributed by atoms with Crippen LogP contribution < -0.4 is 10.2 Å². The van der Waals surface area contributed by atoms with Crippen molar-refractivity contribution in [1.29, 1.82) is 0 Å². The molecule has 1 fully saturated rings. The van der Waals surface area contributed by atoms with Crippen molar-refractivity contribution in [2.24, 2.45) is 0 Å². The van der Waals surface area contributed by atoms with Gasteiger partial charge in [-0.1, -0.05) is 42.5 Å². The summed E-state index contributed by atoms with van der Waals surface area (Å²) in [5.41, 5.74) is 5.42. The van der Waals surface area contributed by atoms with E-state index in [0.29, 0.717) is 13.0 Å². The summed E-state index contributed by atoms with van der Waals surface area (Å²) in [5, 5.41) is 3.02. The van der Waals surface area contributed by atoms with E-state index in [2.05, 4.69) is 62.6 Å². The molecule has 5 rings (SSSR count). The lowest BCUT2D eigenvalue weighted by molar-refractivity contribution is -0.116. The van der Waals surface area contributed by atoms with Crippen molar-refractivity contribution in [2.75, 3.05) is 36.4 Å². The predicted molar refractivity (Wildman–Crippen MR) is 133 cm³/mol. The molecule has 0 spiro atoms. The largest absolute Gasteiger partial charge is 0.369 e. The second-order valence-corrected chi connectivity index (χ2v) is 8.52. The molecule has 3 aromatic carbocycles. The number of carbonyl (C=O) groups is 1. The summed E-state index contributed by atoms with van der Waals surface area (Å²) in [6, 6.07) is 26.8. The maximum Gasteiger partial charge on any atom is 0.226 e. The zero-order chi connectivity index (χ0) is 22.5. The van der Waals surface area contributed by atoms with E-state index in [0.717, 1.165) is 49.4 Å². The lowest BCUT2D eigenvalue weighted by Gasteiger charge is -2.36. The molecule has 0 atom stereocenters. The summed E-state index contributed by atoms with van der Waals surface area (Å²) < 4.78 is 2.02. The number of nitrogens with one attached hydrogen (secondary N) is 1. The van der Waals surface area contributed by atoms with Gasteiger partial charge in [0.15, 0.2) is 0 Å². The van der Waals surface area contributed by atoms with Crippen LogP contribution in [0, 0.1) is 0 Å². The van der Waals surface area contributed by atoms with E-state index in [1.807, 2.05) is 41.0 Å². The third kappa shape index (κ3) is 5.23. The van der Waals surface area contributed by atoms with E-state index < -0.39 is 0 Å². The van der Waals surface area contributed by atoms with Gasteiger partial charge < -0.3 is 14.8 Å². The van der Waals surface area contributed by atoms with E-state index in [4.69, 9.17) is 0 Å². The molecule has 1 aliphatic rings. The van der Waals surface area contributed by atoms with Gasteiger partial charge in [-0.15, -0.1) is 0 Å². The first-order chi connectivity index (χ1) is 16.2. The van der Waals surface area contributed by atoms with Gasteiger partial charge in [0.2, 0.25) is 5.91 Å². The summed E-state index contributed by atoms with van der Waals surface area (Å²) in [4.78, 5) is 21.8. The number of piperazine rings is 1. The van der Waals surface area contributed by atoms with Crippen molar-refractivity contribution in [3.05, 3.63) is 90.8 Å². The first-order valence-electron chi connectivity index (χ1n) is 11.6. The third-order valence-corrected chi connectivity index (χ3v) is 6.24. The molecule has 0 bridgehead atoms. The van der Waals surface area contributed by atoms with Crippen LogP contribution in [-0.4, -0.2) is 46.5 Å². The number of benzene rings is 3. The molecule has 6 nitrogen and oxygen atoms in total. The van der Waals surface area contributed by atoms with Gasteiger partial charge in [-0.25, -0.2) is 4.98 Å². The molecule has 1 aromatic heterocycles. The minimum atomic E-state index is 0.00931. The van der Waals surface area contributed by atoms with Crippen molar-refractivity contribution in [3.63, 3.8) is 0 Å². The molecule has 168 valence electrons. The van der Waals surface area contributed by atoms with Crippen molar-refractivity contribution in [1.82, 2.24) is 14.5 Å². The van der Waals surface area contributed by atoms with E-state index in [9.17, 15) is 4.79 Å². The molecule has 6 heteroatoms. The summed E-state index contributed by atoms with van der Waals surface area (Å²) >= 11 is 0. The predicted octanol–water partition coefficient (Wildman–Crippen LogP) is 4.39. The zero-order valence-corrected chi connectivity index (χ0v) is 18.7. The number of amides is 1. The molecule has 1 aliphatic heterocycles. The number of rotatable bonds is 7. The van der Waals surface area contributed by atoms with Crippen LogP contribution in [-0.2, 0) is 17.9 Å². The molecule has 4 aromatic rings. The highest BCUT2D eigenvalue weighted by Gasteiger charge is 2.17. The molecule has 2 heterocycles. The molecule has 0 saturated carbocycles. The Morgan fingerprint density at radius 2 is 1.58 bits per heavy atom. The standard InChI is InChI=1S/C27H29N5O/c33-27(14-15-32-21-28-25-8-4-5-9-26(25)32)29-23-10-12-24(13-11-23)31-18-16-30(17-19-31)20-22-6-2-1-3-7-22/h1-13,21H,14-20H2,(H,29,33). The highest BCUT2D eigenvalue weighted by atomic mass is 16.1. The van der Waals surface area contributed by atoms with Crippen molar-refractivity contribution < 1.29 is 4.79 Å². The molecular formula is C27H29N5O. The molecule has 33 heavy (non-hydrogen) atoms. The minimum absolute atomic E-state index is 0.00931. The molecule has 0 aliphatic carbocycles. The van der Waals surface area contributed by atoms with Crippen LogP contribution >= 0.6 is 0 Å². The Labute approximate surface area is 194 Å². The van der Waals surface area contributed by atoms with E-state index in [1.165, 1.54) is 11.3 Å². The Balaban J connectivity index is 1.10. The monoisotopic (exact) mass is 439 g/mol. The number of hydrogen-bond donors (Lipinski definition) is 1. The number of carbonyl (C=O) groups excluding carboxylic acids is 1. The van der Waals surface area contributed by atoms with E-state index >= 15 is 0 Å². The summed E-state index contributed by atoms with van der Waals surface area (Å²) in [6.45, 7) is 5.74. The van der Waals surface area contributed by atoms with Crippen LogP contribution in [0.15, 0.2) is 85.2 Å². The van der Waals surface area contributed by atoms with Crippen LogP contribution in [0.25, 0.3) is 11.0 Å². The Kier molecular flexibility index (Phi) is 6.35. The van der Waals surface area contributed by atoms with Crippen LogP contribution in [0.1, 0.15) is 12.0 Å². The molecule has 0 unspecified atom stereocenters. The molecule has 1 N–H and O–H groups in total. The van der Waals surface area contributed by atoms with Crippen LogP contribution in [0.5, 0.6) is 0 Å². The fourth-order valence-corrected chi connectivity index (χ4v) is 4.40. The smallest absolute Gasteiger partial charge is 0.226 e. The van der Waals surface area contributed by atoms with Gasteiger partial charge in [0.1, 0.15) is 0 Å². The lowest BCUT2D eigenvalue weighted by Crippen LogP contribution is -2.45. The topological polar surface area (TPSA) is 53.4 Å². The molecule has 0 radical (unpaired) electrons. The molecule has 1 amide bonds. The Hall–Kier alpha value is -3.64. The number of nitrogens with zero attached hydrogens (tertiary/aromatic N) is 4. The quantitative estimate of drug-likeness (QED) is 0.464. The van der Waals surface area contributed by atoms with Gasteiger partial charge in [0, 0.05) is 57.1 Å². The second-order valence-electron chi connectivity index (χ2n) is 8.52. The number of anilines is 2. The highest BCUT2D eigenvalue weighted by Crippen LogP contribution is 2.20. The van der Waals surface area contributed by atoms with Gasteiger partial charge in [0.05, 0.1) is 17.4 Å². The normalized spacial score (nSPS) is 14.5. The van der Waals surface area contributed by atoms with Gasteiger partial charge in [-0.05, 0) is 42.0 Å². The summed E-state index contributed by atoms with van der Waals surface area (Å²) in [6.07, 6.45) is 2.21.